The summed E-state index contributed by atoms with van der Waals surface area (Å²) in [4.78, 5) is 22.1. The molecule has 0 bridgehead atoms. The lowest BCUT2D eigenvalue weighted by atomic mass is 10.0. The van der Waals surface area contributed by atoms with Gasteiger partial charge in [-0.3, -0.25) is 9.69 Å². The second kappa shape index (κ2) is 8.18. The van der Waals surface area contributed by atoms with Crippen LogP contribution in [0.25, 0.3) is 10.2 Å². The Morgan fingerprint density at radius 1 is 1.35 bits per heavy atom. The van der Waals surface area contributed by atoms with E-state index in [1.165, 1.54) is 11.3 Å². The minimum absolute atomic E-state index is 0. The van der Waals surface area contributed by atoms with Crippen molar-refractivity contribution in [3.63, 3.8) is 0 Å². The third kappa shape index (κ3) is 3.61. The first-order valence-electron chi connectivity index (χ1n) is 8.30. The number of aromatic amines is 1. The van der Waals surface area contributed by atoms with Crippen LogP contribution in [0.1, 0.15) is 17.4 Å². The van der Waals surface area contributed by atoms with Crippen molar-refractivity contribution in [2.45, 2.75) is 12.6 Å². The summed E-state index contributed by atoms with van der Waals surface area (Å²) in [6, 6.07) is 10.2. The van der Waals surface area contributed by atoms with E-state index in [0.29, 0.717) is 17.1 Å². The molecule has 1 aliphatic heterocycles. The van der Waals surface area contributed by atoms with Crippen LogP contribution < -0.4 is 15.6 Å². The molecule has 1 unspecified atom stereocenters. The van der Waals surface area contributed by atoms with Crippen molar-refractivity contribution in [3.8, 4) is 5.75 Å². The van der Waals surface area contributed by atoms with Gasteiger partial charge in [-0.1, -0.05) is 18.2 Å². The molecule has 2 aromatic heterocycles. The highest BCUT2D eigenvalue weighted by Crippen LogP contribution is 2.30. The summed E-state index contributed by atoms with van der Waals surface area (Å²) in [5.74, 6) is 1.59. The second-order valence-corrected chi connectivity index (χ2v) is 7.00. The Balaban J connectivity index is 0.00000196. The first-order valence-corrected chi connectivity index (χ1v) is 9.18. The highest BCUT2D eigenvalue weighted by Gasteiger charge is 2.26. The molecule has 6 nitrogen and oxygen atoms in total. The number of methoxy groups -OCH3 is 1. The lowest BCUT2D eigenvalue weighted by Gasteiger charge is -2.36. The molecule has 3 heterocycles. The monoisotopic (exact) mass is 392 g/mol. The van der Waals surface area contributed by atoms with Gasteiger partial charge in [0.15, 0.2) is 0 Å². The lowest BCUT2D eigenvalue weighted by Crippen LogP contribution is -2.46. The van der Waals surface area contributed by atoms with E-state index in [2.05, 4.69) is 26.3 Å². The van der Waals surface area contributed by atoms with Crippen LogP contribution in [-0.2, 0) is 6.54 Å². The summed E-state index contributed by atoms with van der Waals surface area (Å²) in [5, 5.41) is 5.35. The Labute approximate surface area is 161 Å². The normalized spacial score (nSPS) is 17.8. The van der Waals surface area contributed by atoms with E-state index in [-0.39, 0.29) is 24.0 Å². The average Bonchev–Trinajstić information content (AvgIpc) is 3.11. The van der Waals surface area contributed by atoms with E-state index in [1.54, 1.807) is 7.11 Å². The number of hydrogen-bond donors (Lipinski definition) is 2. The molecule has 0 saturated carbocycles. The molecule has 0 aliphatic carbocycles. The Morgan fingerprint density at radius 3 is 3.04 bits per heavy atom. The summed E-state index contributed by atoms with van der Waals surface area (Å²) in [6.07, 6.45) is 0. The maximum Gasteiger partial charge on any atom is 0.268 e. The van der Waals surface area contributed by atoms with Crippen molar-refractivity contribution in [2.75, 3.05) is 26.7 Å². The zero-order valence-electron chi connectivity index (χ0n) is 14.4. The molecule has 2 N–H and O–H groups in total. The number of hydrogen-bond acceptors (Lipinski definition) is 6. The van der Waals surface area contributed by atoms with Gasteiger partial charge in [-0.2, -0.15) is 0 Å². The number of piperazine rings is 1. The Bertz CT molecular complexity index is 942. The molecule has 138 valence electrons. The highest BCUT2D eigenvalue weighted by atomic mass is 35.5. The third-order valence-electron chi connectivity index (χ3n) is 4.57. The Hall–Kier alpha value is -1.93. The number of nitrogens with one attached hydrogen (secondary N) is 2. The molecule has 8 heteroatoms. The minimum atomic E-state index is -0.0565. The number of nitrogens with zero attached hydrogens (tertiary/aromatic N) is 2. The zero-order chi connectivity index (χ0) is 17.2. The molecule has 1 aliphatic rings. The predicted molar refractivity (Wildman–Crippen MR) is 107 cm³/mol. The molecule has 1 saturated heterocycles. The number of ether oxygens (including phenoxy) is 1. The summed E-state index contributed by atoms with van der Waals surface area (Å²) < 4.78 is 6.22. The van der Waals surface area contributed by atoms with Crippen molar-refractivity contribution >= 4 is 34.0 Å². The van der Waals surface area contributed by atoms with Crippen molar-refractivity contribution in [1.82, 2.24) is 20.2 Å². The van der Waals surface area contributed by atoms with Crippen LogP contribution in [0.4, 0.5) is 0 Å². The number of fused-ring (bicyclic) bond motifs is 1. The van der Waals surface area contributed by atoms with E-state index in [0.717, 1.165) is 36.5 Å². The fourth-order valence-electron chi connectivity index (χ4n) is 3.37. The first kappa shape index (κ1) is 18.8. The number of benzene rings is 1. The van der Waals surface area contributed by atoms with Gasteiger partial charge in [0.2, 0.25) is 0 Å². The largest absolute Gasteiger partial charge is 0.496 e. The maximum absolute atomic E-state index is 12.2. The third-order valence-corrected chi connectivity index (χ3v) is 5.47. The van der Waals surface area contributed by atoms with Crippen LogP contribution in [0.5, 0.6) is 5.75 Å². The summed E-state index contributed by atoms with van der Waals surface area (Å²) in [5.41, 5.74) is 1.86. The number of rotatable bonds is 4. The van der Waals surface area contributed by atoms with Gasteiger partial charge in [-0.25, -0.2) is 4.98 Å². The fraction of sp³-hybridized carbons (Fsp3) is 0.333. The summed E-state index contributed by atoms with van der Waals surface area (Å²) >= 11 is 1.42. The van der Waals surface area contributed by atoms with Crippen molar-refractivity contribution in [2.24, 2.45) is 0 Å². The Morgan fingerprint density at radius 2 is 2.19 bits per heavy atom. The Kier molecular flexibility index (Phi) is 5.93. The van der Waals surface area contributed by atoms with Gasteiger partial charge >= 0.3 is 0 Å². The van der Waals surface area contributed by atoms with Gasteiger partial charge in [0.05, 0.1) is 25.2 Å². The van der Waals surface area contributed by atoms with Crippen molar-refractivity contribution in [1.29, 1.82) is 0 Å². The molecule has 26 heavy (non-hydrogen) atoms. The van der Waals surface area contributed by atoms with Crippen LogP contribution in [0.2, 0.25) is 0 Å². The van der Waals surface area contributed by atoms with Crippen LogP contribution in [0.3, 0.4) is 0 Å². The minimum Gasteiger partial charge on any atom is -0.496 e. The maximum atomic E-state index is 12.2. The van der Waals surface area contributed by atoms with E-state index in [4.69, 9.17) is 4.74 Å². The van der Waals surface area contributed by atoms with Crippen molar-refractivity contribution in [3.05, 3.63) is 57.5 Å². The fourth-order valence-corrected chi connectivity index (χ4v) is 4.10. The first-order chi connectivity index (χ1) is 12.3. The zero-order valence-corrected chi connectivity index (χ0v) is 16.0. The van der Waals surface area contributed by atoms with Gasteiger partial charge in [0.1, 0.15) is 16.3 Å². The number of para-hydroxylation sites is 1. The lowest BCUT2D eigenvalue weighted by molar-refractivity contribution is 0.147. The number of aromatic nitrogens is 2. The number of H-pyrrole nitrogens is 1. The van der Waals surface area contributed by atoms with E-state index < -0.39 is 0 Å². The van der Waals surface area contributed by atoms with Gasteiger partial charge in [0, 0.05) is 25.2 Å². The smallest absolute Gasteiger partial charge is 0.268 e. The topological polar surface area (TPSA) is 70.2 Å². The number of halogens is 1. The molecule has 0 radical (unpaired) electrons. The number of thiophene rings is 1. The predicted octanol–water partition coefficient (Wildman–Crippen LogP) is 2.56. The van der Waals surface area contributed by atoms with Crippen LogP contribution in [0, 0.1) is 0 Å². The molecule has 4 rings (SSSR count). The molecule has 3 aromatic rings. The van der Waals surface area contributed by atoms with Gasteiger partial charge in [-0.15, -0.1) is 23.7 Å². The molecule has 1 aromatic carbocycles. The second-order valence-electron chi connectivity index (χ2n) is 6.08. The SMILES string of the molecule is COc1ccccc1C1CNCCN1Cc1nc2ccsc2c(=O)[nH]1.Cl. The molecule has 1 atom stereocenters. The van der Waals surface area contributed by atoms with E-state index in [9.17, 15) is 4.79 Å². The average molecular weight is 393 g/mol. The van der Waals surface area contributed by atoms with Gasteiger partial charge in [-0.05, 0) is 17.5 Å². The molecular formula is C18H21ClN4O2S. The highest BCUT2D eigenvalue weighted by molar-refractivity contribution is 7.17. The summed E-state index contributed by atoms with van der Waals surface area (Å²) in [7, 11) is 1.70. The summed E-state index contributed by atoms with van der Waals surface area (Å²) in [6.45, 7) is 3.24. The van der Waals surface area contributed by atoms with Gasteiger partial charge in [0.25, 0.3) is 5.56 Å². The van der Waals surface area contributed by atoms with Crippen molar-refractivity contribution < 1.29 is 4.74 Å². The molecular weight excluding hydrogens is 372 g/mol. The standard InChI is InChI=1S/C18H20N4O2S.ClH/c1-24-15-5-3-2-4-12(15)14-10-19-7-8-22(14)11-16-20-13-6-9-25-17(13)18(23)21-16;/h2-6,9,14,19H,7-8,10-11H2,1H3,(H,20,21,23);1H. The molecule has 0 spiro atoms. The van der Waals surface area contributed by atoms with Gasteiger partial charge < -0.3 is 15.0 Å². The molecule has 1 fully saturated rings. The van der Waals surface area contributed by atoms with E-state index >= 15 is 0 Å². The molecule has 0 amide bonds. The quantitative estimate of drug-likeness (QED) is 0.714. The van der Waals surface area contributed by atoms with E-state index in [1.807, 2.05) is 29.6 Å². The van der Waals surface area contributed by atoms with Crippen LogP contribution >= 0.6 is 23.7 Å². The van der Waals surface area contributed by atoms with Crippen LogP contribution in [0.15, 0.2) is 40.5 Å². The van der Waals surface area contributed by atoms with Crippen LogP contribution in [-0.4, -0.2) is 41.6 Å².